The van der Waals surface area contributed by atoms with Crippen molar-refractivity contribution in [3.05, 3.63) is 58.4 Å². The van der Waals surface area contributed by atoms with E-state index >= 15 is 0 Å². The molecule has 1 amide bonds. The Morgan fingerprint density at radius 1 is 1.24 bits per heavy atom. The Labute approximate surface area is 126 Å². The van der Waals surface area contributed by atoms with E-state index in [0.29, 0.717) is 16.3 Å². The molecule has 1 N–H and O–H groups in total. The minimum atomic E-state index is -0.424. The number of carbonyl (C=O) groups is 2. The molecular weight excluding hydrogens is 292 g/mol. The van der Waals surface area contributed by atoms with E-state index in [-0.39, 0.29) is 11.6 Å². The van der Waals surface area contributed by atoms with Gasteiger partial charge in [-0.05, 0) is 42.8 Å². The van der Waals surface area contributed by atoms with Gasteiger partial charge in [0.05, 0.1) is 12.7 Å². The number of anilines is 1. The van der Waals surface area contributed by atoms with Crippen molar-refractivity contribution < 1.29 is 14.3 Å². The molecule has 6 heteroatoms. The Kier molecular flexibility index (Phi) is 4.55. The summed E-state index contributed by atoms with van der Waals surface area (Å²) in [6.07, 6.45) is 1.46. The molecule has 21 heavy (non-hydrogen) atoms. The first-order valence-corrected chi connectivity index (χ1v) is 6.51. The zero-order valence-electron chi connectivity index (χ0n) is 11.5. The van der Waals surface area contributed by atoms with Crippen LogP contribution in [0.15, 0.2) is 36.5 Å². The number of hydrogen-bond acceptors (Lipinski definition) is 4. The van der Waals surface area contributed by atoms with Gasteiger partial charge < -0.3 is 10.1 Å². The topological polar surface area (TPSA) is 68.3 Å². The van der Waals surface area contributed by atoms with Crippen molar-refractivity contribution in [2.45, 2.75) is 6.92 Å². The predicted octanol–water partition coefficient (Wildman–Crippen LogP) is 3.08. The van der Waals surface area contributed by atoms with E-state index in [4.69, 9.17) is 11.6 Å². The second-order valence-electron chi connectivity index (χ2n) is 4.33. The van der Waals surface area contributed by atoms with Crippen LogP contribution in [0.5, 0.6) is 0 Å². The molecular formula is C15H13ClN2O3. The molecule has 0 aliphatic rings. The highest BCUT2D eigenvalue weighted by Crippen LogP contribution is 2.18. The molecule has 0 unspecified atom stereocenters. The molecule has 2 rings (SSSR count). The average Bonchev–Trinajstić information content (AvgIpc) is 2.48. The molecule has 0 radical (unpaired) electrons. The number of halogens is 1. The first-order chi connectivity index (χ1) is 10.0. The lowest BCUT2D eigenvalue weighted by atomic mass is 10.1. The average molecular weight is 305 g/mol. The fourth-order valence-electron chi connectivity index (χ4n) is 1.76. The van der Waals surface area contributed by atoms with E-state index in [1.165, 1.54) is 19.4 Å². The summed E-state index contributed by atoms with van der Waals surface area (Å²) in [4.78, 5) is 27.4. The number of hydrogen-bond donors (Lipinski definition) is 1. The zero-order chi connectivity index (χ0) is 15.4. The van der Waals surface area contributed by atoms with Crippen molar-refractivity contribution in [1.82, 2.24) is 4.98 Å². The van der Waals surface area contributed by atoms with Crippen LogP contribution in [0.25, 0.3) is 0 Å². The monoisotopic (exact) mass is 304 g/mol. The molecule has 5 nitrogen and oxygen atoms in total. The SMILES string of the molecule is COC(=O)c1ccc(NC(=O)c2cc(Cl)ccn2)c(C)c1. The fourth-order valence-corrected chi connectivity index (χ4v) is 1.92. The van der Waals surface area contributed by atoms with Crippen molar-refractivity contribution in [2.24, 2.45) is 0 Å². The number of rotatable bonds is 3. The van der Waals surface area contributed by atoms with E-state index < -0.39 is 5.97 Å². The van der Waals surface area contributed by atoms with Crippen LogP contribution in [0.4, 0.5) is 5.69 Å². The van der Waals surface area contributed by atoms with Gasteiger partial charge in [-0.1, -0.05) is 11.6 Å². The van der Waals surface area contributed by atoms with Gasteiger partial charge in [-0.15, -0.1) is 0 Å². The first kappa shape index (κ1) is 15.0. The molecule has 1 heterocycles. The number of nitrogens with one attached hydrogen (secondary N) is 1. The van der Waals surface area contributed by atoms with Gasteiger partial charge in [0.1, 0.15) is 5.69 Å². The van der Waals surface area contributed by atoms with Crippen LogP contribution in [0.3, 0.4) is 0 Å². The van der Waals surface area contributed by atoms with Crippen LogP contribution in [0.2, 0.25) is 5.02 Å². The number of nitrogens with zero attached hydrogens (tertiary/aromatic N) is 1. The number of aromatic nitrogens is 1. The normalized spacial score (nSPS) is 10.0. The van der Waals surface area contributed by atoms with Gasteiger partial charge in [-0.25, -0.2) is 4.79 Å². The van der Waals surface area contributed by atoms with Gasteiger partial charge in [0.25, 0.3) is 5.91 Å². The molecule has 108 valence electrons. The van der Waals surface area contributed by atoms with Gasteiger partial charge in [0, 0.05) is 16.9 Å². The summed E-state index contributed by atoms with van der Waals surface area (Å²) in [5.41, 5.74) is 1.98. The van der Waals surface area contributed by atoms with E-state index in [1.807, 2.05) is 0 Å². The largest absolute Gasteiger partial charge is 0.465 e. The van der Waals surface area contributed by atoms with E-state index in [2.05, 4.69) is 15.0 Å². The smallest absolute Gasteiger partial charge is 0.337 e. The fraction of sp³-hybridized carbons (Fsp3) is 0.133. The summed E-state index contributed by atoms with van der Waals surface area (Å²) >= 11 is 5.82. The third kappa shape index (κ3) is 3.58. The molecule has 0 aliphatic heterocycles. The first-order valence-electron chi connectivity index (χ1n) is 6.13. The Bertz CT molecular complexity index is 701. The highest BCUT2D eigenvalue weighted by molar-refractivity contribution is 6.30. The van der Waals surface area contributed by atoms with E-state index in [9.17, 15) is 9.59 Å². The number of methoxy groups -OCH3 is 1. The van der Waals surface area contributed by atoms with Crippen molar-refractivity contribution in [3.8, 4) is 0 Å². The summed E-state index contributed by atoms with van der Waals surface area (Å²) < 4.78 is 4.64. The number of esters is 1. The third-order valence-corrected chi connectivity index (χ3v) is 3.09. The summed E-state index contributed by atoms with van der Waals surface area (Å²) in [5, 5.41) is 3.16. The van der Waals surface area contributed by atoms with Crippen LogP contribution in [0.1, 0.15) is 26.4 Å². The van der Waals surface area contributed by atoms with E-state index in [1.54, 1.807) is 31.2 Å². The highest BCUT2D eigenvalue weighted by atomic mass is 35.5. The molecule has 0 atom stereocenters. The number of aryl methyl sites for hydroxylation is 1. The Hall–Kier alpha value is -2.40. The molecule has 0 spiro atoms. The Morgan fingerprint density at radius 2 is 2.00 bits per heavy atom. The molecule has 1 aromatic carbocycles. The lowest BCUT2D eigenvalue weighted by molar-refractivity contribution is 0.0600. The minimum absolute atomic E-state index is 0.221. The number of carbonyl (C=O) groups excluding carboxylic acids is 2. The summed E-state index contributed by atoms with van der Waals surface area (Å²) in [7, 11) is 1.32. The minimum Gasteiger partial charge on any atom is -0.465 e. The summed E-state index contributed by atoms with van der Waals surface area (Å²) in [5.74, 6) is -0.793. The maximum atomic E-state index is 12.1. The maximum absolute atomic E-state index is 12.1. The van der Waals surface area contributed by atoms with Gasteiger partial charge >= 0.3 is 5.97 Å². The molecule has 0 bridgehead atoms. The van der Waals surface area contributed by atoms with E-state index in [0.717, 1.165) is 5.56 Å². The highest BCUT2D eigenvalue weighted by Gasteiger charge is 2.12. The van der Waals surface area contributed by atoms with Crippen molar-refractivity contribution in [2.75, 3.05) is 12.4 Å². The van der Waals surface area contributed by atoms with Gasteiger partial charge in [-0.3, -0.25) is 9.78 Å². The summed E-state index contributed by atoms with van der Waals surface area (Å²) in [6, 6.07) is 7.94. The molecule has 0 saturated heterocycles. The molecule has 0 saturated carbocycles. The predicted molar refractivity (Wildman–Crippen MR) is 79.7 cm³/mol. The quantitative estimate of drug-likeness (QED) is 0.885. The van der Waals surface area contributed by atoms with Crippen LogP contribution >= 0.6 is 11.6 Å². The third-order valence-electron chi connectivity index (χ3n) is 2.85. The second-order valence-corrected chi connectivity index (χ2v) is 4.77. The number of pyridine rings is 1. The molecule has 0 aliphatic carbocycles. The van der Waals surface area contributed by atoms with Crippen molar-refractivity contribution in [1.29, 1.82) is 0 Å². The maximum Gasteiger partial charge on any atom is 0.337 e. The molecule has 0 fully saturated rings. The second kappa shape index (κ2) is 6.37. The number of benzene rings is 1. The van der Waals surface area contributed by atoms with Gasteiger partial charge in [-0.2, -0.15) is 0 Å². The van der Waals surface area contributed by atoms with Crippen LogP contribution in [-0.2, 0) is 4.74 Å². The van der Waals surface area contributed by atoms with Crippen molar-refractivity contribution >= 4 is 29.2 Å². The van der Waals surface area contributed by atoms with Gasteiger partial charge in [0.15, 0.2) is 0 Å². The lowest BCUT2D eigenvalue weighted by Crippen LogP contribution is -2.14. The number of amides is 1. The Morgan fingerprint density at radius 3 is 2.62 bits per heavy atom. The molecule has 2 aromatic rings. The Balaban J connectivity index is 2.20. The number of ether oxygens (including phenoxy) is 1. The van der Waals surface area contributed by atoms with Crippen LogP contribution in [-0.4, -0.2) is 24.0 Å². The lowest BCUT2D eigenvalue weighted by Gasteiger charge is -2.09. The van der Waals surface area contributed by atoms with Gasteiger partial charge in [0.2, 0.25) is 0 Å². The van der Waals surface area contributed by atoms with Crippen molar-refractivity contribution in [3.63, 3.8) is 0 Å². The molecule has 1 aromatic heterocycles. The standard InChI is InChI=1S/C15H13ClN2O3/c1-9-7-10(15(20)21-2)3-4-12(9)18-14(19)13-8-11(16)5-6-17-13/h3-8H,1-2H3,(H,18,19). The van der Waals surface area contributed by atoms with Crippen LogP contribution in [0, 0.1) is 6.92 Å². The summed E-state index contributed by atoms with van der Waals surface area (Å²) in [6.45, 7) is 1.79. The zero-order valence-corrected chi connectivity index (χ0v) is 12.3. The van der Waals surface area contributed by atoms with Crippen LogP contribution < -0.4 is 5.32 Å².